The van der Waals surface area contributed by atoms with Gasteiger partial charge in [0.1, 0.15) is 19.3 Å². The fourth-order valence-corrected chi connectivity index (χ4v) is 13.1. The van der Waals surface area contributed by atoms with Gasteiger partial charge in [-0.2, -0.15) is 0 Å². The van der Waals surface area contributed by atoms with E-state index < -0.39 is 97.5 Å². The molecule has 0 rings (SSSR count). The van der Waals surface area contributed by atoms with Crippen molar-refractivity contribution in [2.75, 3.05) is 39.6 Å². The number of rotatable bonds is 73. The molecule has 19 heteroatoms. The zero-order valence-electron chi connectivity index (χ0n) is 62.3. The molecule has 0 heterocycles. The van der Waals surface area contributed by atoms with Crippen molar-refractivity contribution in [2.45, 2.75) is 401 Å². The second-order valence-corrected chi connectivity index (χ2v) is 32.0. The van der Waals surface area contributed by atoms with Gasteiger partial charge in [-0.05, 0) is 49.4 Å². The number of ether oxygens (including phenoxy) is 4. The molecule has 0 aliphatic rings. The number of hydrogen-bond acceptors (Lipinski definition) is 15. The van der Waals surface area contributed by atoms with Crippen LogP contribution in [0.25, 0.3) is 0 Å². The highest BCUT2D eigenvalue weighted by Crippen LogP contribution is 2.45. The predicted octanol–water partition coefficient (Wildman–Crippen LogP) is 22.0. The molecule has 17 nitrogen and oxygen atoms in total. The second kappa shape index (κ2) is 65.4. The lowest BCUT2D eigenvalue weighted by Gasteiger charge is -2.21. The summed E-state index contributed by atoms with van der Waals surface area (Å²) in [6, 6.07) is 0. The molecular weight excluding hydrogens is 1250 g/mol. The van der Waals surface area contributed by atoms with Gasteiger partial charge in [0.25, 0.3) is 0 Å². The first kappa shape index (κ1) is 93.1. The number of carbonyl (C=O) groups is 4. The quantitative estimate of drug-likeness (QED) is 0.0222. The summed E-state index contributed by atoms with van der Waals surface area (Å²) in [6.45, 7) is 14.2. The lowest BCUT2D eigenvalue weighted by atomic mass is 9.99. The van der Waals surface area contributed by atoms with Crippen LogP contribution < -0.4 is 0 Å². The van der Waals surface area contributed by atoms with Crippen LogP contribution in [0.5, 0.6) is 0 Å². The Morgan fingerprint density at radius 2 is 0.505 bits per heavy atom. The molecule has 0 fully saturated rings. The van der Waals surface area contributed by atoms with Crippen molar-refractivity contribution in [1.29, 1.82) is 0 Å². The first-order valence-electron chi connectivity index (χ1n) is 39.2. The molecule has 0 aliphatic carbocycles. The Balaban J connectivity index is 5.22. The monoisotopic (exact) mass is 1400 g/mol. The molecule has 0 aromatic rings. The number of hydrogen-bond donors (Lipinski definition) is 3. The van der Waals surface area contributed by atoms with Crippen LogP contribution in [0.2, 0.25) is 0 Å². The Hall–Kier alpha value is -1.94. The maximum Gasteiger partial charge on any atom is 0.472 e. The summed E-state index contributed by atoms with van der Waals surface area (Å²) in [6.07, 6.45) is 50.0. The topological polar surface area (TPSA) is 237 Å². The zero-order valence-corrected chi connectivity index (χ0v) is 64.1. The van der Waals surface area contributed by atoms with Gasteiger partial charge in [-0.25, -0.2) is 9.13 Å². The van der Waals surface area contributed by atoms with Crippen molar-refractivity contribution >= 4 is 39.5 Å². The summed E-state index contributed by atoms with van der Waals surface area (Å²) in [5.74, 6) is 0.936. The van der Waals surface area contributed by atoms with E-state index in [4.69, 9.17) is 37.0 Å². The van der Waals surface area contributed by atoms with Crippen molar-refractivity contribution in [3.8, 4) is 0 Å². The molecule has 0 aromatic carbocycles. The summed E-state index contributed by atoms with van der Waals surface area (Å²) in [5, 5.41) is 10.6. The van der Waals surface area contributed by atoms with Gasteiger partial charge in [0, 0.05) is 25.7 Å². The molecule has 564 valence electrons. The molecule has 0 bridgehead atoms. The zero-order chi connectivity index (χ0) is 70.3. The average molecular weight is 1400 g/mol. The highest BCUT2D eigenvalue weighted by Gasteiger charge is 2.30. The van der Waals surface area contributed by atoms with E-state index in [1.54, 1.807) is 0 Å². The van der Waals surface area contributed by atoms with Gasteiger partial charge in [0.15, 0.2) is 12.2 Å². The van der Waals surface area contributed by atoms with Crippen molar-refractivity contribution in [1.82, 2.24) is 0 Å². The van der Waals surface area contributed by atoms with Crippen LogP contribution in [0, 0.1) is 23.7 Å². The third-order valence-corrected chi connectivity index (χ3v) is 19.8. The van der Waals surface area contributed by atoms with E-state index in [2.05, 4.69) is 55.4 Å². The lowest BCUT2D eigenvalue weighted by molar-refractivity contribution is -0.161. The normalized spacial score (nSPS) is 14.4. The second-order valence-electron chi connectivity index (χ2n) is 29.1. The third kappa shape index (κ3) is 69.0. The van der Waals surface area contributed by atoms with Crippen molar-refractivity contribution in [3.05, 3.63) is 0 Å². The van der Waals surface area contributed by atoms with Crippen molar-refractivity contribution < 1.29 is 80.2 Å². The summed E-state index contributed by atoms with van der Waals surface area (Å²) in [5.41, 5.74) is 0. The molecule has 95 heavy (non-hydrogen) atoms. The summed E-state index contributed by atoms with van der Waals surface area (Å²) in [4.78, 5) is 72.8. The highest BCUT2D eigenvalue weighted by atomic mass is 31.2. The van der Waals surface area contributed by atoms with Gasteiger partial charge >= 0.3 is 39.5 Å². The number of phosphoric ester groups is 2. The number of carbonyl (C=O) groups excluding carboxylic acids is 4. The molecule has 0 amide bonds. The maximum absolute atomic E-state index is 13.1. The number of aliphatic hydroxyl groups excluding tert-OH is 1. The number of unbranched alkanes of at least 4 members (excludes halogenated alkanes) is 38. The minimum Gasteiger partial charge on any atom is -0.462 e. The number of phosphoric acid groups is 2. The standard InChI is InChI=1S/C76H148O17P2/c1-9-69(8)55-47-39-30-24-17-12-10-11-13-18-25-31-40-48-56-73(78)86-62-71(92-76(81)59-51-43-33-27-21-20-23-29-37-45-53-67(4)5)64-90-94(82,83)88-60-70(77)61-89-95(84,85)91-65-72(63-87-74(79)57-49-41-35-34-38-46-54-68(6)7)93-75(80)58-50-42-32-26-19-15-14-16-22-28-36-44-52-66(2)3/h66-72,77H,9-65H2,1-8H3,(H,82,83)(H,84,85)/t69?,70-,71-,72-/m1/s1. The third-order valence-electron chi connectivity index (χ3n) is 17.9. The Bertz CT molecular complexity index is 1870. The van der Waals surface area contributed by atoms with Crippen LogP contribution in [0.1, 0.15) is 383 Å². The molecule has 0 saturated carbocycles. The fourth-order valence-electron chi connectivity index (χ4n) is 11.5. The summed E-state index contributed by atoms with van der Waals surface area (Å²) in [7, 11) is -9.91. The minimum atomic E-state index is -4.96. The predicted molar refractivity (Wildman–Crippen MR) is 386 cm³/mol. The van der Waals surface area contributed by atoms with E-state index in [0.29, 0.717) is 31.6 Å². The van der Waals surface area contributed by atoms with E-state index in [9.17, 15) is 43.2 Å². The maximum atomic E-state index is 13.1. The molecule has 0 radical (unpaired) electrons. The summed E-state index contributed by atoms with van der Waals surface area (Å²) < 4.78 is 68.5. The van der Waals surface area contributed by atoms with E-state index in [1.807, 2.05) is 0 Å². The Morgan fingerprint density at radius 3 is 0.747 bits per heavy atom. The van der Waals surface area contributed by atoms with E-state index in [1.165, 1.54) is 180 Å². The molecule has 6 atom stereocenters. The molecular formula is C76H148O17P2. The largest absolute Gasteiger partial charge is 0.472 e. The molecule has 0 aromatic heterocycles. The fraction of sp³-hybridized carbons (Fsp3) is 0.947. The van der Waals surface area contributed by atoms with E-state index in [0.717, 1.165) is 114 Å². The molecule has 3 unspecified atom stereocenters. The Labute approximate surface area is 581 Å². The lowest BCUT2D eigenvalue weighted by Crippen LogP contribution is -2.30. The van der Waals surface area contributed by atoms with Gasteiger partial charge in [-0.1, -0.05) is 331 Å². The van der Waals surface area contributed by atoms with Crippen LogP contribution in [0.3, 0.4) is 0 Å². The van der Waals surface area contributed by atoms with Crippen molar-refractivity contribution in [2.24, 2.45) is 23.7 Å². The number of esters is 4. The summed E-state index contributed by atoms with van der Waals surface area (Å²) >= 11 is 0. The van der Waals surface area contributed by atoms with E-state index in [-0.39, 0.29) is 25.7 Å². The van der Waals surface area contributed by atoms with Crippen LogP contribution in [-0.2, 0) is 65.4 Å². The molecule has 0 aliphatic heterocycles. The van der Waals surface area contributed by atoms with Crippen LogP contribution in [-0.4, -0.2) is 96.7 Å². The first-order valence-corrected chi connectivity index (χ1v) is 42.2. The van der Waals surface area contributed by atoms with Gasteiger partial charge in [-0.15, -0.1) is 0 Å². The Morgan fingerprint density at radius 1 is 0.295 bits per heavy atom. The SMILES string of the molecule is CCC(C)CCCCCCCCCCCCCCCCC(=O)OC[C@H](COP(=O)(O)OC[C@@H](O)COP(=O)(O)OC[C@@H](COC(=O)CCCCCCCCC(C)C)OC(=O)CCCCCCCCCCCCCCC(C)C)OC(=O)CCCCCCCCCCCCC(C)C. The van der Waals surface area contributed by atoms with Gasteiger partial charge in [0.2, 0.25) is 0 Å². The smallest absolute Gasteiger partial charge is 0.462 e. The molecule has 0 spiro atoms. The molecule has 3 N–H and O–H groups in total. The van der Waals surface area contributed by atoms with Crippen LogP contribution in [0.15, 0.2) is 0 Å². The highest BCUT2D eigenvalue weighted by molar-refractivity contribution is 7.47. The molecule has 0 saturated heterocycles. The van der Waals surface area contributed by atoms with Gasteiger partial charge in [0.05, 0.1) is 26.4 Å². The van der Waals surface area contributed by atoms with E-state index >= 15 is 0 Å². The van der Waals surface area contributed by atoms with Crippen LogP contribution >= 0.6 is 15.6 Å². The average Bonchev–Trinajstić information content (AvgIpc) is 1.48. The number of aliphatic hydroxyl groups is 1. The van der Waals surface area contributed by atoms with Gasteiger partial charge < -0.3 is 33.8 Å². The Kier molecular flexibility index (Phi) is 64.0. The van der Waals surface area contributed by atoms with Crippen LogP contribution in [0.4, 0.5) is 0 Å². The minimum absolute atomic E-state index is 0.105. The van der Waals surface area contributed by atoms with Crippen molar-refractivity contribution in [3.63, 3.8) is 0 Å². The first-order chi connectivity index (χ1) is 45.6. The van der Waals surface area contributed by atoms with Gasteiger partial charge in [-0.3, -0.25) is 37.3 Å².